The van der Waals surface area contributed by atoms with Crippen LogP contribution in [0.1, 0.15) is 34.1 Å². The molecule has 0 saturated heterocycles. The number of hydrogen-bond donors (Lipinski definition) is 1. The van der Waals surface area contributed by atoms with E-state index in [0.717, 1.165) is 12.1 Å². The second kappa shape index (κ2) is 4.14. The molecule has 0 spiro atoms. The molecule has 2 heteroatoms. The summed E-state index contributed by atoms with van der Waals surface area (Å²) in [6.07, 6.45) is 1.88. The van der Waals surface area contributed by atoms with Gasteiger partial charge in [-0.15, -0.1) is 0 Å². The predicted molar refractivity (Wildman–Crippen MR) is 55.5 cm³/mol. The average molecular weight is 183 g/mol. The van der Waals surface area contributed by atoms with Gasteiger partial charge in [-0.25, -0.2) is 0 Å². The summed E-state index contributed by atoms with van der Waals surface area (Å²) >= 11 is 0. The molecule has 1 aliphatic carbocycles. The largest absolute Gasteiger partial charge is 0.383 e. The van der Waals surface area contributed by atoms with Crippen LogP contribution in [0.3, 0.4) is 0 Å². The maximum Gasteiger partial charge on any atom is 0.0800 e. The van der Waals surface area contributed by atoms with E-state index in [1.54, 1.807) is 0 Å². The fourth-order valence-corrected chi connectivity index (χ4v) is 1.23. The Hall–Kier alpha value is -0.500. The van der Waals surface area contributed by atoms with E-state index >= 15 is 0 Å². The van der Waals surface area contributed by atoms with E-state index in [-0.39, 0.29) is 0 Å². The molecule has 1 rings (SSSR count). The summed E-state index contributed by atoms with van der Waals surface area (Å²) in [6.45, 7) is 12.4. The molecule has 2 atom stereocenters. The van der Waals surface area contributed by atoms with Crippen LogP contribution in [-0.2, 0) is 4.74 Å². The molecule has 1 aliphatic rings. The first-order chi connectivity index (χ1) is 6.00. The van der Waals surface area contributed by atoms with Crippen LogP contribution in [0.5, 0.6) is 0 Å². The molecule has 0 aromatic rings. The average Bonchev–Trinajstić information content (AvgIpc) is 2.66. The number of nitrogens with one attached hydrogen (secondary N) is 1. The molecule has 13 heavy (non-hydrogen) atoms. The Morgan fingerprint density at radius 2 is 2.00 bits per heavy atom. The molecule has 2 nitrogen and oxygen atoms in total. The van der Waals surface area contributed by atoms with E-state index in [1.165, 1.54) is 0 Å². The van der Waals surface area contributed by atoms with E-state index in [4.69, 9.17) is 4.74 Å². The molecular weight excluding hydrogens is 162 g/mol. The lowest BCUT2D eigenvalue weighted by atomic mass is 10.1. The Balaban J connectivity index is 2.17. The van der Waals surface area contributed by atoms with Crippen molar-refractivity contribution < 1.29 is 4.74 Å². The van der Waals surface area contributed by atoms with Crippen molar-refractivity contribution in [3.63, 3.8) is 0 Å². The first-order valence-corrected chi connectivity index (χ1v) is 5.11. The Morgan fingerprint density at radius 1 is 1.38 bits per heavy atom. The van der Waals surface area contributed by atoms with Gasteiger partial charge in [0.1, 0.15) is 0 Å². The second-order valence-electron chi connectivity index (χ2n) is 4.39. The minimum absolute atomic E-state index is 0.337. The summed E-state index contributed by atoms with van der Waals surface area (Å²) in [5, 5.41) is 3.39. The molecule has 2 unspecified atom stereocenters. The van der Waals surface area contributed by atoms with Crippen molar-refractivity contribution in [3.8, 4) is 0 Å². The summed E-state index contributed by atoms with van der Waals surface area (Å²) in [4.78, 5) is 0. The van der Waals surface area contributed by atoms with Gasteiger partial charge < -0.3 is 10.1 Å². The molecule has 0 amide bonds. The first kappa shape index (κ1) is 10.6. The molecule has 0 heterocycles. The van der Waals surface area contributed by atoms with Crippen LogP contribution in [0.25, 0.3) is 0 Å². The van der Waals surface area contributed by atoms with E-state index in [9.17, 15) is 0 Å². The van der Waals surface area contributed by atoms with Crippen molar-refractivity contribution in [2.75, 3.05) is 0 Å². The van der Waals surface area contributed by atoms with Gasteiger partial charge in [0.15, 0.2) is 0 Å². The Morgan fingerprint density at radius 3 is 2.46 bits per heavy atom. The molecule has 1 fully saturated rings. The molecule has 0 aromatic heterocycles. The fraction of sp³-hybridized carbons (Fsp3) is 0.818. The number of hydrogen-bond acceptors (Lipinski definition) is 2. The molecule has 1 saturated carbocycles. The van der Waals surface area contributed by atoms with E-state index in [1.807, 2.05) is 0 Å². The summed E-state index contributed by atoms with van der Waals surface area (Å²) in [5.41, 5.74) is 1.12. The zero-order valence-corrected chi connectivity index (χ0v) is 9.13. The lowest BCUT2D eigenvalue weighted by molar-refractivity contribution is 0.0600. The maximum atomic E-state index is 5.65. The van der Waals surface area contributed by atoms with Crippen molar-refractivity contribution in [3.05, 3.63) is 12.3 Å². The summed E-state index contributed by atoms with van der Waals surface area (Å²) in [6, 6.07) is 0.511. The van der Waals surface area contributed by atoms with Crippen molar-refractivity contribution in [1.29, 1.82) is 0 Å². The standard InChI is InChI=1S/C11H21NO/c1-7(2)9(5)12-10-6-11(10)13-8(3)4/h7-8,10-12H,5-6H2,1-4H3. The van der Waals surface area contributed by atoms with E-state index < -0.39 is 0 Å². The van der Waals surface area contributed by atoms with Gasteiger partial charge in [-0.3, -0.25) is 0 Å². The van der Waals surface area contributed by atoms with Gasteiger partial charge in [-0.05, 0) is 26.2 Å². The Bertz CT molecular complexity index is 187. The molecule has 0 radical (unpaired) electrons. The molecule has 76 valence electrons. The topological polar surface area (TPSA) is 21.3 Å². The van der Waals surface area contributed by atoms with Crippen LogP contribution in [0.4, 0.5) is 0 Å². The highest BCUT2D eigenvalue weighted by Crippen LogP contribution is 2.28. The van der Waals surface area contributed by atoms with Crippen LogP contribution in [-0.4, -0.2) is 18.2 Å². The number of rotatable bonds is 5. The van der Waals surface area contributed by atoms with Crippen molar-refractivity contribution in [2.45, 2.75) is 52.4 Å². The fourth-order valence-electron chi connectivity index (χ4n) is 1.23. The van der Waals surface area contributed by atoms with Crippen molar-refractivity contribution in [2.24, 2.45) is 5.92 Å². The van der Waals surface area contributed by atoms with Gasteiger partial charge >= 0.3 is 0 Å². The lowest BCUT2D eigenvalue weighted by Crippen LogP contribution is -2.23. The summed E-state index contributed by atoms with van der Waals surface area (Å²) in [5.74, 6) is 0.514. The third-order valence-electron chi connectivity index (χ3n) is 2.25. The highest BCUT2D eigenvalue weighted by atomic mass is 16.5. The van der Waals surface area contributed by atoms with Crippen molar-refractivity contribution >= 4 is 0 Å². The van der Waals surface area contributed by atoms with Gasteiger partial charge in [-0.1, -0.05) is 20.4 Å². The Labute approximate surface area is 81.4 Å². The monoisotopic (exact) mass is 183 g/mol. The smallest absolute Gasteiger partial charge is 0.0800 e. The van der Waals surface area contributed by atoms with E-state index in [2.05, 4.69) is 39.6 Å². The van der Waals surface area contributed by atoms with Gasteiger partial charge in [0, 0.05) is 5.70 Å². The van der Waals surface area contributed by atoms with Crippen LogP contribution >= 0.6 is 0 Å². The number of allylic oxidation sites excluding steroid dienone is 1. The minimum Gasteiger partial charge on any atom is -0.383 e. The van der Waals surface area contributed by atoms with Gasteiger partial charge in [0.05, 0.1) is 18.2 Å². The SMILES string of the molecule is C=C(NC1CC1OC(C)C)C(C)C. The second-order valence-corrected chi connectivity index (χ2v) is 4.39. The maximum absolute atomic E-state index is 5.65. The van der Waals surface area contributed by atoms with Crippen molar-refractivity contribution in [1.82, 2.24) is 5.32 Å². The molecular formula is C11H21NO. The Kier molecular flexibility index (Phi) is 3.37. The third-order valence-corrected chi connectivity index (χ3v) is 2.25. The lowest BCUT2D eigenvalue weighted by Gasteiger charge is -2.13. The summed E-state index contributed by atoms with van der Waals surface area (Å²) < 4.78 is 5.65. The molecule has 0 bridgehead atoms. The number of ether oxygens (including phenoxy) is 1. The van der Waals surface area contributed by atoms with E-state index in [0.29, 0.717) is 24.2 Å². The molecule has 1 N–H and O–H groups in total. The van der Waals surface area contributed by atoms with Crippen LogP contribution in [0.15, 0.2) is 12.3 Å². The van der Waals surface area contributed by atoms with Crippen LogP contribution in [0.2, 0.25) is 0 Å². The van der Waals surface area contributed by atoms with Gasteiger partial charge in [0.2, 0.25) is 0 Å². The van der Waals surface area contributed by atoms with Crippen LogP contribution in [0, 0.1) is 5.92 Å². The minimum atomic E-state index is 0.337. The summed E-state index contributed by atoms with van der Waals surface area (Å²) in [7, 11) is 0. The highest BCUT2D eigenvalue weighted by Gasteiger charge is 2.39. The normalized spacial score (nSPS) is 26.6. The molecule has 0 aliphatic heterocycles. The molecule has 0 aromatic carbocycles. The zero-order valence-electron chi connectivity index (χ0n) is 9.13. The van der Waals surface area contributed by atoms with Gasteiger partial charge in [0.25, 0.3) is 0 Å². The zero-order chi connectivity index (χ0) is 10.0. The third kappa shape index (κ3) is 3.39. The highest BCUT2D eigenvalue weighted by molar-refractivity contribution is 5.05. The van der Waals surface area contributed by atoms with Crippen LogP contribution < -0.4 is 5.32 Å². The first-order valence-electron chi connectivity index (χ1n) is 5.11. The quantitative estimate of drug-likeness (QED) is 0.706. The van der Waals surface area contributed by atoms with Gasteiger partial charge in [-0.2, -0.15) is 0 Å². The predicted octanol–water partition coefficient (Wildman–Crippen LogP) is 2.31.